The molecule has 2 aliphatic carbocycles. The molecule has 2 fully saturated rings. The molecule has 7 heteroatoms. The predicted octanol–water partition coefficient (Wildman–Crippen LogP) is 1.87. The van der Waals surface area contributed by atoms with Gasteiger partial charge in [-0.2, -0.15) is 0 Å². The molecule has 0 heterocycles. The fourth-order valence-electron chi connectivity index (χ4n) is 3.42. The summed E-state index contributed by atoms with van der Waals surface area (Å²) >= 11 is 0. The van der Waals surface area contributed by atoms with Crippen LogP contribution in [0, 0.1) is 5.92 Å². The molecule has 0 radical (unpaired) electrons. The van der Waals surface area contributed by atoms with Crippen molar-refractivity contribution < 1.29 is 18.9 Å². The number of carboxylic acids is 1. The maximum atomic E-state index is 12.6. The summed E-state index contributed by atoms with van der Waals surface area (Å²) in [6.07, 6.45) is 3.91. The van der Waals surface area contributed by atoms with Crippen molar-refractivity contribution >= 4 is 22.7 Å². The van der Waals surface area contributed by atoms with Crippen LogP contribution in [-0.2, 0) is 15.6 Å². The summed E-state index contributed by atoms with van der Waals surface area (Å²) in [5.74, 6) is 0.118. The molecule has 1 aromatic rings. The van der Waals surface area contributed by atoms with Crippen LogP contribution in [0.3, 0.4) is 0 Å². The van der Waals surface area contributed by atoms with Crippen LogP contribution in [0.1, 0.15) is 43.0 Å². The fourth-order valence-corrected chi connectivity index (χ4v) is 4.37. The third-order valence-corrected chi connectivity index (χ3v) is 6.50. The molecule has 2 N–H and O–H groups in total. The van der Waals surface area contributed by atoms with Crippen LogP contribution in [0.15, 0.2) is 29.2 Å². The summed E-state index contributed by atoms with van der Waals surface area (Å²) in [6, 6.07) is 7.28. The number of nitrogens with one attached hydrogen (secondary N) is 1. The Bertz CT molecular complexity index is 699. The molecule has 1 unspecified atom stereocenters. The van der Waals surface area contributed by atoms with E-state index in [2.05, 4.69) is 5.32 Å². The highest BCUT2D eigenvalue weighted by atomic mass is 32.2. The third kappa shape index (κ3) is 4.71. The van der Waals surface area contributed by atoms with E-state index in [9.17, 15) is 13.8 Å². The van der Waals surface area contributed by atoms with E-state index in [1.807, 2.05) is 11.8 Å². The minimum Gasteiger partial charge on any atom is -0.480 e. The molecule has 26 heavy (non-hydrogen) atoms. The standard InChI is InChI=1S/C19H26N2O4S/c1-2-26(25)17-6-4-3-5-16(17)19(24)20-14-9-15(10-14)21(12-18(22)23)11-13-7-8-13/h3-6,13-15H,2,7-12H2,1H3,(H,20,24)(H,22,23). The van der Waals surface area contributed by atoms with Crippen molar-refractivity contribution in [3.8, 4) is 0 Å². The molecule has 1 atom stereocenters. The van der Waals surface area contributed by atoms with E-state index in [4.69, 9.17) is 5.11 Å². The zero-order chi connectivity index (χ0) is 18.7. The smallest absolute Gasteiger partial charge is 0.317 e. The first-order chi connectivity index (χ1) is 12.5. The van der Waals surface area contributed by atoms with Crippen molar-refractivity contribution in [1.29, 1.82) is 0 Å². The van der Waals surface area contributed by atoms with E-state index in [1.165, 1.54) is 12.8 Å². The molecule has 1 aromatic carbocycles. The molecule has 1 amide bonds. The molecule has 0 spiro atoms. The van der Waals surface area contributed by atoms with Gasteiger partial charge in [0.1, 0.15) is 0 Å². The number of rotatable bonds is 9. The maximum Gasteiger partial charge on any atom is 0.317 e. The summed E-state index contributed by atoms with van der Waals surface area (Å²) < 4.78 is 12.1. The lowest BCUT2D eigenvalue weighted by Gasteiger charge is -2.42. The number of carboxylic acid groups (broad SMARTS) is 1. The molecule has 2 saturated carbocycles. The first-order valence-corrected chi connectivity index (χ1v) is 10.5. The summed E-state index contributed by atoms with van der Waals surface area (Å²) in [7, 11) is -1.18. The zero-order valence-corrected chi connectivity index (χ0v) is 15.8. The molecule has 0 saturated heterocycles. The third-order valence-electron chi connectivity index (χ3n) is 5.13. The van der Waals surface area contributed by atoms with Crippen LogP contribution >= 0.6 is 0 Å². The van der Waals surface area contributed by atoms with Gasteiger partial charge in [0.25, 0.3) is 5.91 Å². The number of carbonyl (C=O) groups excluding carboxylic acids is 1. The van der Waals surface area contributed by atoms with Gasteiger partial charge in [-0.25, -0.2) is 0 Å². The van der Waals surface area contributed by atoms with E-state index in [0.717, 1.165) is 19.4 Å². The van der Waals surface area contributed by atoms with Crippen molar-refractivity contribution in [3.63, 3.8) is 0 Å². The highest BCUT2D eigenvalue weighted by Gasteiger charge is 2.38. The minimum atomic E-state index is -1.18. The van der Waals surface area contributed by atoms with Crippen LogP contribution in [0.4, 0.5) is 0 Å². The number of carbonyl (C=O) groups is 2. The maximum absolute atomic E-state index is 12.6. The van der Waals surface area contributed by atoms with E-state index in [0.29, 0.717) is 22.1 Å². The van der Waals surface area contributed by atoms with Gasteiger partial charge in [0, 0.05) is 24.4 Å². The lowest BCUT2D eigenvalue weighted by atomic mass is 9.85. The first-order valence-electron chi connectivity index (χ1n) is 9.22. The molecule has 6 nitrogen and oxygen atoms in total. The molecular weight excluding hydrogens is 352 g/mol. The number of aliphatic carboxylic acids is 1. The molecular formula is C19H26N2O4S. The van der Waals surface area contributed by atoms with Gasteiger partial charge in [0.05, 0.1) is 27.8 Å². The van der Waals surface area contributed by atoms with Gasteiger partial charge in [-0.15, -0.1) is 0 Å². The van der Waals surface area contributed by atoms with Gasteiger partial charge in [-0.1, -0.05) is 19.1 Å². The van der Waals surface area contributed by atoms with Gasteiger partial charge in [0.2, 0.25) is 0 Å². The molecule has 0 aliphatic heterocycles. The van der Waals surface area contributed by atoms with Crippen LogP contribution in [0.2, 0.25) is 0 Å². The summed E-state index contributed by atoms with van der Waals surface area (Å²) in [5.41, 5.74) is 0.469. The van der Waals surface area contributed by atoms with Crippen LogP contribution < -0.4 is 5.32 Å². The van der Waals surface area contributed by atoms with Crippen molar-refractivity contribution in [2.45, 2.75) is 49.6 Å². The Balaban J connectivity index is 1.55. The van der Waals surface area contributed by atoms with Crippen LogP contribution in [-0.4, -0.2) is 57.0 Å². The zero-order valence-electron chi connectivity index (χ0n) is 15.0. The highest BCUT2D eigenvalue weighted by molar-refractivity contribution is 7.85. The molecule has 0 bridgehead atoms. The number of nitrogens with zero attached hydrogens (tertiary/aromatic N) is 1. The van der Waals surface area contributed by atoms with Gasteiger partial charge in [-0.05, 0) is 43.7 Å². The highest BCUT2D eigenvalue weighted by Crippen LogP contribution is 2.33. The second-order valence-corrected chi connectivity index (χ2v) is 8.90. The van der Waals surface area contributed by atoms with Crippen molar-refractivity contribution in [2.75, 3.05) is 18.8 Å². The number of hydrogen-bond acceptors (Lipinski definition) is 4. The lowest BCUT2D eigenvalue weighted by Crippen LogP contribution is -2.55. The number of hydrogen-bond donors (Lipinski definition) is 2. The van der Waals surface area contributed by atoms with Crippen LogP contribution in [0.5, 0.6) is 0 Å². The Morgan fingerprint density at radius 3 is 2.58 bits per heavy atom. The van der Waals surface area contributed by atoms with Gasteiger partial charge in [-0.3, -0.25) is 18.7 Å². The second kappa shape index (κ2) is 8.31. The average Bonchev–Trinajstić information content (AvgIpc) is 3.39. The lowest BCUT2D eigenvalue weighted by molar-refractivity contribution is -0.139. The Morgan fingerprint density at radius 1 is 1.27 bits per heavy atom. The quantitative estimate of drug-likeness (QED) is 0.685. The van der Waals surface area contributed by atoms with E-state index in [-0.39, 0.29) is 24.5 Å². The normalized spacial score (nSPS) is 23.3. The van der Waals surface area contributed by atoms with Crippen molar-refractivity contribution in [1.82, 2.24) is 10.2 Å². The molecule has 2 aliphatic rings. The Hall–Kier alpha value is -1.73. The van der Waals surface area contributed by atoms with E-state index < -0.39 is 16.8 Å². The van der Waals surface area contributed by atoms with Crippen molar-refractivity contribution in [2.24, 2.45) is 5.92 Å². The number of amides is 1. The topological polar surface area (TPSA) is 86.7 Å². The predicted molar refractivity (Wildman–Crippen MR) is 99.6 cm³/mol. The fraction of sp³-hybridized carbons (Fsp3) is 0.579. The summed E-state index contributed by atoms with van der Waals surface area (Å²) in [4.78, 5) is 26.3. The Morgan fingerprint density at radius 2 is 1.96 bits per heavy atom. The SMILES string of the molecule is CCS(=O)c1ccccc1C(=O)NC1CC(N(CC(=O)O)CC2CC2)C1. The first kappa shape index (κ1) is 19.0. The van der Waals surface area contributed by atoms with Gasteiger partial charge >= 0.3 is 5.97 Å². The van der Waals surface area contributed by atoms with Gasteiger partial charge in [0.15, 0.2) is 0 Å². The Kier molecular flexibility index (Phi) is 6.09. The summed E-state index contributed by atoms with van der Waals surface area (Å²) in [5, 5.41) is 12.1. The second-order valence-electron chi connectivity index (χ2n) is 7.19. The minimum absolute atomic E-state index is 0.0473. The van der Waals surface area contributed by atoms with Crippen molar-refractivity contribution in [3.05, 3.63) is 29.8 Å². The molecule has 0 aromatic heterocycles. The molecule has 3 rings (SSSR count). The Labute approximate surface area is 156 Å². The van der Waals surface area contributed by atoms with Gasteiger partial charge < -0.3 is 10.4 Å². The molecule has 142 valence electrons. The van der Waals surface area contributed by atoms with Crippen LogP contribution in [0.25, 0.3) is 0 Å². The monoisotopic (exact) mass is 378 g/mol. The average molecular weight is 378 g/mol. The van der Waals surface area contributed by atoms with E-state index >= 15 is 0 Å². The van der Waals surface area contributed by atoms with E-state index in [1.54, 1.807) is 24.3 Å². The summed E-state index contributed by atoms with van der Waals surface area (Å²) in [6.45, 7) is 2.74. The number of benzene rings is 1. The largest absolute Gasteiger partial charge is 0.480 e.